The molecule has 2 aromatic carbocycles. The summed E-state index contributed by atoms with van der Waals surface area (Å²) in [6, 6.07) is 15.1. The standard InChI is InChI=1S/C22H27ClN2O2S/c1-4-20(22(27)24-3)25(13-18-10-6-5-8-16(18)2)21(26)15-28-14-17-9-7-11-19(23)12-17/h5-12,20H,4,13-15H2,1-3H3,(H,24,27)/t20-/m1/s1. The third kappa shape index (κ3) is 6.28. The summed E-state index contributed by atoms with van der Waals surface area (Å²) in [6.45, 7) is 4.37. The molecule has 1 atom stereocenters. The number of likely N-dealkylation sites (N-methyl/N-ethyl adjacent to an activating group) is 1. The molecule has 0 bridgehead atoms. The summed E-state index contributed by atoms with van der Waals surface area (Å²) in [4.78, 5) is 27.1. The molecule has 4 nitrogen and oxygen atoms in total. The van der Waals surface area contributed by atoms with Crippen LogP contribution in [0.15, 0.2) is 48.5 Å². The average Bonchev–Trinajstić information content (AvgIpc) is 2.69. The zero-order valence-electron chi connectivity index (χ0n) is 16.6. The van der Waals surface area contributed by atoms with Crippen molar-refractivity contribution in [1.82, 2.24) is 10.2 Å². The Balaban J connectivity index is 2.11. The zero-order chi connectivity index (χ0) is 20.5. The number of thioether (sulfide) groups is 1. The Bertz CT molecular complexity index is 813. The predicted molar refractivity (Wildman–Crippen MR) is 117 cm³/mol. The van der Waals surface area contributed by atoms with Gasteiger partial charge in [0.05, 0.1) is 5.75 Å². The van der Waals surface area contributed by atoms with E-state index in [1.54, 1.807) is 11.9 Å². The second kappa shape index (κ2) is 11.1. The summed E-state index contributed by atoms with van der Waals surface area (Å²) in [7, 11) is 1.61. The number of amides is 2. The molecule has 2 aromatic rings. The lowest BCUT2D eigenvalue weighted by Crippen LogP contribution is -2.48. The molecule has 28 heavy (non-hydrogen) atoms. The maximum absolute atomic E-state index is 13.0. The van der Waals surface area contributed by atoms with Crippen molar-refractivity contribution in [3.8, 4) is 0 Å². The van der Waals surface area contributed by atoms with Crippen molar-refractivity contribution < 1.29 is 9.59 Å². The molecule has 0 saturated carbocycles. The van der Waals surface area contributed by atoms with Crippen molar-refractivity contribution in [3.05, 3.63) is 70.2 Å². The van der Waals surface area contributed by atoms with Crippen molar-refractivity contribution in [2.75, 3.05) is 12.8 Å². The highest BCUT2D eigenvalue weighted by atomic mass is 35.5. The van der Waals surface area contributed by atoms with E-state index in [1.165, 1.54) is 11.8 Å². The van der Waals surface area contributed by atoms with Crippen molar-refractivity contribution in [2.24, 2.45) is 0 Å². The first-order valence-electron chi connectivity index (χ1n) is 9.34. The minimum atomic E-state index is -0.483. The minimum Gasteiger partial charge on any atom is -0.357 e. The molecule has 0 unspecified atom stereocenters. The van der Waals surface area contributed by atoms with Crippen molar-refractivity contribution in [3.63, 3.8) is 0 Å². The number of aryl methyl sites for hydroxylation is 1. The molecule has 1 N–H and O–H groups in total. The van der Waals surface area contributed by atoms with E-state index in [9.17, 15) is 9.59 Å². The fourth-order valence-electron chi connectivity index (χ4n) is 3.02. The van der Waals surface area contributed by atoms with Gasteiger partial charge in [-0.05, 0) is 42.2 Å². The van der Waals surface area contributed by atoms with Gasteiger partial charge in [-0.3, -0.25) is 9.59 Å². The molecule has 0 radical (unpaired) electrons. The van der Waals surface area contributed by atoms with E-state index in [2.05, 4.69) is 5.32 Å². The first-order valence-corrected chi connectivity index (χ1v) is 10.9. The van der Waals surface area contributed by atoms with Gasteiger partial charge in [0.25, 0.3) is 0 Å². The first kappa shape index (κ1) is 22.3. The molecular formula is C22H27ClN2O2S. The zero-order valence-corrected chi connectivity index (χ0v) is 18.1. The molecule has 0 aromatic heterocycles. The SMILES string of the molecule is CC[C@H](C(=O)NC)N(Cc1ccccc1C)C(=O)CSCc1cccc(Cl)c1. The van der Waals surface area contributed by atoms with E-state index >= 15 is 0 Å². The number of halogens is 1. The van der Waals surface area contributed by atoms with Gasteiger partial charge in [0.15, 0.2) is 0 Å². The second-order valence-electron chi connectivity index (χ2n) is 6.61. The van der Waals surface area contributed by atoms with E-state index in [0.29, 0.717) is 29.5 Å². The predicted octanol–water partition coefficient (Wildman–Crippen LogP) is 4.44. The van der Waals surface area contributed by atoms with Gasteiger partial charge < -0.3 is 10.2 Å². The lowest BCUT2D eigenvalue weighted by atomic mass is 10.1. The lowest BCUT2D eigenvalue weighted by Gasteiger charge is -2.30. The topological polar surface area (TPSA) is 49.4 Å². The van der Waals surface area contributed by atoms with Crippen LogP contribution in [0.3, 0.4) is 0 Å². The largest absolute Gasteiger partial charge is 0.357 e. The molecule has 0 aliphatic rings. The van der Waals surface area contributed by atoms with Crippen LogP contribution >= 0.6 is 23.4 Å². The Hall–Kier alpha value is -1.98. The molecule has 0 aliphatic carbocycles. The summed E-state index contributed by atoms with van der Waals surface area (Å²) < 4.78 is 0. The van der Waals surface area contributed by atoms with Crippen LogP contribution in [0.2, 0.25) is 5.02 Å². The highest BCUT2D eigenvalue weighted by molar-refractivity contribution is 7.99. The van der Waals surface area contributed by atoms with E-state index < -0.39 is 6.04 Å². The third-order valence-corrected chi connectivity index (χ3v) is 5.84. The van der Waals surface area contributed by atoms with Gasteiger partial charge in [-0.15, -0.1) is 11.8 Å². The molecule has 0 fully saturated rings. The monoisotopic (exact) mass is 418 g/mol. The Morgan fingerprint density at radius 3 is 2.57 bits per heavy atom. The summed E-state index contributed by atoms with van der Waals surface area (Å²) in [5.74, 6) is 0.836. The van der Waals surface area contributed by atoms with Gasteiger partial charge in [-0.25, -0.2) is 0 Å². The summed E-state index contributed by atoms with van der Waals surface area (Å²) in [5, 5.41) is 3.38. The quantitative estimate of drug-likeness (QED) is 0.655. The molecular weight excluding hydrogens is 392 g/mol. The molecule has 0 heterocycles. The Morgan fingerprint density at radius 1 is 1.18 bits per heavy atom. The highest BCUT2D eigenvalue weighted by Crippen LogP contribution is 2.20. The first-order chi connectivity index (χ1) is 13.5. The Kier molecular flexibility index (Phi) is 8.87. The van der Waals surface area contributed by atoms with Crippen LogP contribution in [-0.4, -0.2) is 35.6 Å². The molecule has 2 amide bonds. The number of nitrogens with one attached hydrogen (secondary N) is 1. The number of benzene rings is 2. The van der Waals surface area contributed by atoms with Crippen LogP contribution < -0.4 is 5.32 Å². The van der Waals surface area contributed by atoms with Gasteiger partial charge in [-0.2, -0.15) is 0 Å². The van der Waals surface area contributed by atoms with Crippen LogP contribution in [0.1, 0.15) is 30.0 Å². The normalized spacial score (nSPS) is 11.7. The highest BCUT2D eigenvalue weighted by Gasteiger charge is 2.28. The van der Waals surface area contributed by atoms with Crippen LogP contribution in [0.4, 0.5) is 0 Å². The van der Waals surface area contributed by atoms with E-state index in [4.69, 9.17) is 11.6 Å². The number of carbonyl (C=O) groups excluding carboxylic acids is 2. The average molecular weight is 419 g/mol. The van der Waals surface area contributed by atoms with Gasteiger partial charge in [0, 0.05) is 24.4 Å². The van der Waals surface area contributed by atoms with Crippen LogP contribution in [0.5, 0.6) is 0 Å². The van der Waals surface area contributed by atoms with Gasteiger partial charge in [0.1, 0.15) is 6.04 Å². The number of rotatable bonds is 9. The van der Waals surface area contributed by atoms with Crippen LogP contribution in [0.25, 0.3) is 0 Å². The molecule has 6 heteroatoms. The molecule has 0 saturated heterocycles. The summed E-state index contributed by atoms with van der Waals surface area (Å²) in [6.07, 6.45) is 0.566. The van der Waals surface area contributed by atoms with Gasteiger partial charge in [0.2, 0.25) is 11.8 Å². The second-order valence-corrected chi connectivity index (χ2v) is 8.03. The van der Waals surface area contributed by atoms with E-state index in [1.807, 2.05) is 62.4 Å². The maximum Gasteiger partial charge on any atom is 0.242 e. The summed E-state index contributed by atoms with van der Waals surface area (Å²) >= 11 is 7.56. The minimum absolute atomic E-state index is 0.0364. The molecule has 0 aliphatic heterocycles. The molecule has 150 valence electrons. The number of nitrogens with zero attached hydrogens (tertiary/aromatic N) is 1. The van der Waals surface area contributed by atoms with Crippen molar-refractivity contribution in [1.29, 1.82) is 0 Å². The lowest BCUT2D eigenvalue weighted by molar-refractivity contribution is -0.139. The van der Waals surface area contributed by atoms with Gasteiger partial charge >= 0.3 is 0 Å². The molecule has 2 rings (SSSR count). The summed E-state index contributed by atoms with van der Waals surface area (Å²) in [5.41, 5.74) is 3.24. The Labute approximate surface area is 176 Å². The third-order valence-electron chi connectivity index (χ3n) is 4.62. The Morgan fingerprint density at radius 2 is 1.93 bits per heavy atom. The van der Waals surface area contributed by atoms with E-state index in [-0.39, 0.29) is 11.8 Å². The van der Waals surface area contributed by atoms with Crippen molar-refractivity contribution in [2.45, 2.75) is 38.6 Å². The smallest absolute Gasteiger partial charge is 0.242 e. The maximum atomic E-state index is 13.0. The van der Waals surface area contributed by atoms with Gasteiger partial charge in [-0.1, -0.05) is 54.9 Å². The van der Waals surface area contributed by atoms with E-state index in [0.717, 1.165) is 16.7 Å². The number of carbonyl (C=O) groups is 2. The number of hydrogen-bond donors (Lipinski definition) is 1. The van der Waals surface area contributed by atoms with Crippen molar-refractivity contribution >= 4 is 35.2 Å². The van der Waals surface area contributed by atoms with Crippen LogP contribution in [-0.2, 0) is 21.9 Å². The number of hydrogen-bond acceptors (Lipinski definition) is 3. The molecule has 0 spiro atoms. The van der Waals surface area contributed by atoms with Crippen LogP contribution in [0, 0.1) is 6.92 Å². The fraction of sp³-hybridized carbons (Fsp3) is 0.364. The fourth-order valence-corrected chi connectivity index (χ4v) is 4.09.